The fourth-order valence-electron chi connectivity index (χ4n) is 13.7. The first-order valence-corrected chi connectivity index (χ1v) is 36.2. The Morgan fingerprint density at radius 2 is 0.637 bits per heavy atom. The summed E-state index contributed by atoms with van der Waals surface area (Å²) in [6, 6.07) is 81.4. The van der Waals surface area contributed by atoms with Crippen LogP contribution in [0.2, 0.25) is 0 Å². The molecular formula is C94H67F4N13O2. The molecule has 9 aromatic heterocycles. The van der Waals surface area contributed by atoms with Crippen LogP contribution in [0.5, 0.6) is 5.75 Å². The van der Waals surface area contributed by atoms with Gasteiger partial charge in [-0.2, -0.15) is 20.4 Å². The van der Waals surface area contributed by atoms with Crippen molar-refractivity contribution in [3.8, 4) is 118 Å². The van der Waals surface area contributed by atoms with Crippen molar-refractivity contribution >= 4 is 49.6 Å². The third kappa shape index (κ3) is 16.1. The second-order valence-electron chi connectivity index (χ2n) is 27.0. The number of esters is 1. The quantitative estimate of drug-likeness (QED) is 0.0576. The lowest BCUT2D eigenvalue weighted by Crippen LogP contribution is -2.00. The van der Waals surface area contributed by atoms with Crippen LogP contribution in [0.4, 0.5) is 17.6 Å². The molecule has 0 amide bonds. The second kappa shape index (κ2) is 32.5. The smallest absolute Gasteiger partial charge is 0.315 e. The third-order valence-corrected chi connectivity index (χ3v) is 19.4. The lowest BCUT2D eigenvalue weighted by atomic mass is 9.97. The van der Waals surface area contributed by atoms with Crippen LogP contribution in [-0.2, 0) is 11.2 Å². The Bertz CT molecular complexity index is 6530. The van der Waals surface area contributed by atoms with Crippen LogP contribution in [0.25, 0.3) is 156 Å². The minimum absolute atomic E-state index is 0.204. The number of fused-ring (bicyclic) bond motifs is 5. The van der Waals surface area contributed by atoms with Gasteiger partial charge in [-0.25, -0.2) is 17.6 Å². The fourth-order valence-corrected chi connectivity index (χ4v) is 13.7. The molecule has 0 bridgehead atoms. The molecule has 19 aromatic rings. The SMILES string of the molecule is Cc1cc(-c2ncccc2-c2ccc3c(c2)OC(=O)C3)ccc1F.Cc1cc(-c2ncccc2-c2ccc3cn[nH]c3c2)ccc1F.Cc1cccc(-c2ncccc2-c2ccc3cn[nH]c3c2)c1.Fc1ccc(-c2ncccc2-c2ccc3cn[nH]c3c2)cc1.Fc1cccc(-c2ncccc2-c2ccc3cn[nH]c3c2)c1. The summed E-state index contributed by atoms with van der Waals surface area (Å²) in [4.78, 5) is 33.9. The summed E-state index contributed by atoms with van der Waals surface area (Å²) in [7, 11) is 0. The monoisotopic (exact) mass is 1490 g/mol. The van der Waals surface area contributed by atoms with E-state index in [1.54, 1.807) is 93.6 Å². The number of pyridine rings is 5. The van der Waals surface area contributed by atoms with Crippen molar-refractivity contribution in [2.75, 3.05) is 0 Å². The molecule has 113 heavy (non-hydrogen) atoms. The third-order valence-electron chi connectivity index (χ3n) is 19.4. The van der Waals surface area contributed by atoms with Gasteiger partial charge >= 0.3 is 5.97 Å². The van der Waals surface area contributed by atoms with Gasteiger partial charge in [0.1, 0.15) is 29.0 Å². The molecule has 0 saturated carbocycles. The largest absolute Gasteiger partial charge is 0.426 e. The number of benzene rings is 10. The number of aromatic amines is 4. The molecule has 0 aliphatic carbocycles. The maximum absolute atomic E-state index is 13.6. The number of ether oxygens (including phenoxy) is 1. The number of halogens is 4. The lowest BCUT2D eigenvalue weighted by Gasteiger charge is -2.11. The van der Waals surface area contributed by atoms with Crippen molar-refractivity contribution in [2.24, 2.45) is 0 Å². The number of hydrogen-bond acceptors (Lipinski definition) is 11. The summed E-state index contributed by atoms with van der Waals surface area (Å²) in [5.41, 5.74) is 26.2. The predicted octanol–water partition coefficient (Wildman–Crippen LogP) is 22.5. The highest BCUT2D eigenvalue weighted by Gasteiger charge is 2.23. The van der Waals surface area contributed by atoms with Gasteiger partial charge in [-0.15, -0.1) is 0 Å². The highest BCUT2D eigenvalue weighted by atomic mass is 19.1. The number of carbonyl (C=O) groups excluding carboxylic acids is 1. The van der Waals surface area contributed by atoms with Gasteiger partial charge in [-0.3, -0.25) is 50.1 Å². The van der Waals surface area contributed by atoms with E-state index >= 15 is 0 Å². The van der Waals surface area contributed by atoms with Gasteiger partial charge in [0.15, 0.2) is 0 Å². The second-order valence-corrected chi connectivity index (χ2v) is 27.0. The molecule has 4 N–H and O–H groups in total. The number of hydrogen-bond donors (Lipinski definition) is 4. The van der Waals surface area contributed by atoms with Crippen molar-refractivity contribution < 1.29 is 27.1 Å². The van der Waals surface area contributed by atoms with E-state index in [1.807, 2.05) is 140 Å². The maximum atomic E-state index is 13.6. The van der Waals surface area contributed by atoms with E-state index in [-0.39, 0.29) is 29.2 Å². The Kier molecular flexibility index (Phi) is 20.7. The standard InChI is InChI=1S/C20H14FNO2.C19H14FN3.C19H15N3.2C18H12FN3/c1-12-9-15(6-7-17(12)21)20-16(3-2-8-22-20)13-4-5-14-11-19(23)24-18(14)10-13;1-12-9-14(6-7-17(12)20)19-16(3-2-8-21-19)13-4-5-15-11-22-23-18(15)10-13;1-13-4-2-5-15(10-13)19-17(6-3-9-20-19)14-7-8-16-12-21-22-18(16)11-14;19-15-4-1-3-13(9-15)18-16(5-2-8-20-18)12-6-7-14-11-21-22-17(14)10-12;19-15-7-5-12(6-8-15)18-16(2-1-9-20-18)13-3-4-14-11-21-22-17(14)10-13/h2-10H,11H2,1H3;2-11H,1H3,(H,22,23);2-12H,1H3,(H,21,22);2*1-11H,(H,21,22). The van der Waals surface area contributed by atoms with Crippen LogP contribution in [0.1, 0.15) is 22.3 Å². The predicted molar refractivity (Wildman–Crippen MR) is 438 cm³/mol. The summed E-state index contributed by atoms with van der Waals surface area (Å²) in [6.07, 6.45) is 16.3. The summed E-state index contributed by atoms with van der Waals surface area (Å²) >= 11 is 0. The Morgan fingerprint density at radius 3 is 1.02 bits per heavy atom. The number of nitrogens with zero attached hydrogens (tertiary/aromatic N) is 9. The average molecular weight is 1490 g/mol. The summed E-state index contributed by atoms with van der Waals surface area (Å²) in [5.74, 6) is -0.589. The molecule has 1 aliphatic rings. The van der Waals surface area contributed by atoms with Crippen molar-refractivity contribution in [3.05, 3.63) is 362 Å². The normalized spacial score (nSPS) is 11.4. The van der Waals surface area contributed by atoms with Crippen molar-refractivity contribution in [1.29, 1.82) is 0 Å². The lowest BCUT2D eigenvalue weighted by molar-refractivity contribution is -0.131. The van der Waals surface area contributed by atoms with Gasteiger partial charge in [-0.05, 0) is 199 Å². The van der Waals surface area contributed by atoms with E-state index in [4.69, 9.17) is 4.74 Å². The van der Waals surface area contributed by atoms with Crippen LogP contribution in [-0.4, -0.2) is 71.7 Å². The van der Waals surface area contributed by atoms with E-state index in [0.717, 1.165) is 161 Å². The molecule has 10 aromatic carbocycles. The number of H-pyrrole nitrogens is 4. The first-order chi connectivity index (χ1) is 55.3. The number of nitrogens with one attached hydrogen (secondary N) is 4. The van der Waals surface area contributed by atoms with E-state index in [0.29, 0.717) is 23.3 Å². The van der Waals surface area contributed by atoms with Crippen LogP contribution >= 0.6 is 0 Å². The van der Waals surface area contributed by atoms with Gasteiger partial charge in [0, 0.05) is 114 Å². The number of rotatable bonds is 10. The van der Waals surface area contributed by atoms with E-state index in [1.165, 1.54) is 42.0 Å². The summed E-state index contributed by atoms with van der Waals surface area (Å²) in [5, 5.41) is 32.5. The molecule has 0 radical (unpaired) electrons. The first-order valence-electron chi connectivity index (χ1n) is 36.2. The van der Waals surface area contributed by atoms with Crippen LogP contribution in [0.15, 0.2) is 317 Å². The Morgan fingerprint density at radius 1 is 0.301 bits per heavy atom. The van der Waals surface area contributed by atoms with E-state index in [9.17, 15) is 22.4 Å². The van der Waals surface area contributed by atoms with Gasteiger partial charge in [0.2, 0.25) is 0 Å². The highest BCUT2D eigenvalue weighted by Crippen LogP contribution is 2.40. The molecule has 19 heteroatoms. The molecule has 15 nitrogen and oxygen atoms in total. The van der Waals surface area contributed by atoms with E-state index < -0.39 is 0 Å². The van der Waals surface area contributed by atoms with Crippen molar-refractivity contribution in [2.45, 2.75) is 27.2 Å². The van der Waals surface area contributed by atoms with Crippen LogP contribution < -0.4 is 4.74 Å². The highest BCUT2D eigenvalue weighted by molar-refractivity contribution is 5.93. The molecule has 1 aliphatic heterocycles. The van der Waals surface area contributed by atoms with E-state index in [2.05, 4.69) is 133 Å². The van der Waals surface area contributed by atoms with Crippen molar-refractivity contribution in [1.82, 2.24) is 65.7 Å². The zero-order valence-electron chi connectivity index (χ0n) is 61.1. The molecule has 20 rings (SSSR count). The molecule has 0 fully saturated rings. The average Bonchev–Trinajstić information content (AvgIpc) is 1.71. The molecule has 0 spiro atoms. The minimum Gasteiger partial charge on any atom is -0.426 e. The number of aromatic nitrogens is 13. The summed E-state index contributed by atoms with van der Waals surface area (Å²) in [6.45, 7) is 5.59. The van der Waals surface area contributed by atoms with Crippen LogP contribution in [0, 0.1) is 44.0 Å². The minimum atomic E-state index is -0.266. The molecular weight excluding hydrogens is 1420 g/mol. The molecule has 0 unspecified atom stereocenters. The fraction of sp³-hybridized carbons (Fsp3) is 0.0426. The Balaban J connectivity index is 0.000000107. The van der Waals surface area contributed by atoms with Gasteiger partial charge < -0.3 is 4.74 Å². The van der Waals surface area contributed by atoms with Gasteiger partial charge in [0.05, 0.1) is 81.7 Å². The Labute approximate surface area is 645 Å². The topological polar surface area (TPSA) is 205 Å². The number of carbonyl (C=O) groups is 1. The molecule has 0 saturated heterocycles. The number of aryl methyl sites for hydroxylation is 3. The Hall–Kier alpha value is -15.0. The molecule has 548 valence electrons. The zero-order valence-corrected chi connectivity index (χ0v) is 61.1. The van der Waals surface area contributed by atoms with Gasteiger partial charge in [-0.1, -0.05) is 127 Å². The van der Waals surface area contributed by atoms with Gasteiger partial charge in [0.25, 0.3) is 0 Å². The zero-order chi connectivity index (χ0) is 77.3. The molecule has 0 atom stereocenters. The van der Waals surface area contributed by atoms with Crippen LogP contribution in [0.3, 0.4) is 0 Å². The summed E-state index contributed by atoms with van der Waals surface area (Å²) < 4.78 is 59.0. The maximum Gasteiger partial charge on any atom is 0.315 e. The van der Waals surface area contributed by atoms with Crippen molar-refractivity contribution in [3.63, 3.8) is 0 Å². The molecule has 10 heterocycles. The first kappa shape index (κ1) is 72.2.